The summed E-state index contributed by atoms with van der Waals surface area (Å²) in [5.74, 6) is 0.287. The highest BCUT2D eigenvalue weighted by Crippen LogP contribution is 2.26. The van der Waals surface area contributed by atoms with Crippen molar-refractivity contribution in [3.63, 3.8) is 0 Å². The van der Waals surface area contributed by atoms with Crippen LogP contribution in [0.25, 0.3) is 0 Å². The molecule has 28 heavy (non-hydrogen) atoms. The van der Waals surface area contributed by atoms with Crippen molar-refractivity contribution in [3.05, 3.63) is 65.7 Å². The molecule has 1 heterocycles. The van der Waals surface area contributed by atoms with Crippen molar-refractivity contribution in [2.75, 3.05) is 11.9 Å². The number of anilines is 1. The molecular formula is C24H30N2O2. The highest BCUT2D eigenvalue weighted by atomic mass is 16.2. The van der Waals surface area contributed by atoms with E-state index in [-0.39, 0.29) is 17.7 Å². The SMILES string of the molecule is CC(C)Cc1ccc(C(C)C(=O)N2CCCC2C(=O)Nc2ccccc2)cc1. The first-order valence-corrected chi connectivity index (χ1v) is 10.2. The second-order valence-electron chi connectivity index (χ2n) is 8.11. The van der Waals surface area contributed by atoms with E-state index in [0.717, 1.165) is 24.1 Å². The molecule has 0 aromatic heterocycles. The minimum Gasteiger partial charge on any atom is -0.330 e. The minimum absolute atomic E-state index is 0.0299. The van der Waals surface area contributed by atoms with Crippen molar-refractivity contribution < 1.29 is 9.59 Å². The highest BCUT2D eigenvalue weighted by molar-refractivity contribution is 5.98. The predicted octanol–water partition coefficient (Wildman–Crippen LogP) is 4.62. The van der Waals surface area contributed by atoms with E-state index in [0.29, 0.717) is 18.9 Å². The Morgan fingerprint density at radius 1 is 1.04 bits per heavy atom. The molecule has 2 amide bonds. The van der Waals surface area contributed by atoms with E-state index in [1.165, 1.54) is 5.56 Å². The van der Waals surface area contributed by atoms with Crippen molar-refractivity contribution in [1.82, 2.24) is 4.90 Å². The lowest BCUT2D eigenvalue weighted by atomic mass is 9.95. The molecule has 1 N–H and O–H groups in total. The molecule has 0 saturated carbocycles. The zero-order chi connectivity index (χ0) is 20.1. The lowest BCUT2D eigenvalue weighted by Gasteiger charge is -2.27. The van der Waals surface area contributed by atoms with Crippen molar-refractivity contribution in [3.8, 4) is 0 Å². The standard InChI is InChI=1S/C24H30N2O2/c1-17(2)16-19-11-13-20(14-12-19)18(3)24(28)26-15-7-10-22(26)23(27)25-21-8-5-4-6-9-21/h4-6,8-9,11-14,17-18,22H,7,10,15-16H2,1-3H3,(H,25,27). The molecule has 1 fully saturated rings. The van der Waals surface area contributed by atoms with Crippen molar-refractivity contribution in [1.29, 1.82) is 0 Å². The third kappa shape index (κ3) is 4.80. The van der Waals surface area contributed by atoms with Gasteiger partial charge in [-0.25, -0.2) is 0 Å². The van der Waals surface area contributed by atoms with Crippen LogP contribution in [-0.4, -0.2) is 29.3 Å². The van der Waals surface area contributed by atoms with Gasteiger partial charge in [0.2, 0.25) is 11.8 Å². The van der Waals surface area contributed by atoms with Gasteiger partial charge in [-0.1, -0.05) is 56.3 Å². The van der Waals surface area contributed by atoms with Gasteiger partial charge in [0.25, 0.3) is 0 Å². The van der Waals surface area contributed by atoms with E-state index >= 15 is 0 Å². The molecule has 2 aromatic rings. The fourth-order valence-electron chi connectivity index (χ4n) is 3.86. The van der Waals surface area contributed by atoms with Gasteiger partial charge in [0.15, 0.2) is 0 Å². The smallest absolute Gasteiger partial charge is 0.247 e. The maximum Gasteiger partial charge on any atom is 0.247 e. The average Bonchev–Trinajstić information content (AvgIpc) is 3.18. The van der Waals surface area contributed by atoms with Gasteiger partial charge in [-0.15, -0.1) is 0 Å². The monoisotopic (exact) mass is 378 g/mol. The van der Waals surface area contributed by atoms with Crippen LogP contribution in [0.15, 0.2) is 54.6 Å². The highest BCUT2D eigenvalue weighted by Gasteiger charge is 2.36. The summed E-state index contributed by atoms with van der Waals surface area (Å²) >= 11 is 0. The Balaban J connectivity index is 1.67. The lowest BCUT2D eigenvalue weighted by molar-refractivity contribution is -0.137. The summed E-state index contributed by atoms with van der Waals surface area (Å²) in [6.45, 7) is 6.98. The number of amides is 2. The molecule has 1 aliphatic rings. The van der Waals surface area contributed by atoms with Gasteiger partial charge in [0, 0.05) is 12.2 Å². The second kappa shape index (κ2) is 9.05. The molecule has 1 saturated heterocycles. The van der Waals surface area contributed by atoms with Crippen LogP contribution in [0.5, 0.6) is 0 Å². The van der Waals surface area contributed by atoms with Crippen molar-refractivity contribution in [2.24, 2.45) is 5.92 Å². The van der Waals surface area contributed by atoms with Crippen LogP contribution in [0.4, 0.5) is 5.69 Å². The number of nitrogens with zero attached hydrogens (tertiary/aromatic N) is 1. The first kappa shape index (κ1) is 20.1. The fourth-order valence-corrected chi connectivity index (χ4v) is 3.86. The van der Waals surface area contributed by atoms with Gasteiger partial charge in [0.05, 0.1) is 5.92 Å². The molecule has 0 radical (unpaired) electrons. The fraction of sp³-hybridized carbons (Fsp3) is 0.417. The van der Waals surface area contributed by atoms with Crippen LogP contribution in [0.3, 0.4) is 0 Å². The lowest BCUT2D eigenvalue weighted by Crippen LogP contribution is -2.44. The zero-order valence-corrected chi connectivity index (χ0v) is 17.0. The van der Waals surface area contributed by atoms with Crippen molar-refractivity contribution >= 4 is 17.5 Å². The van der Waals surface area contributed by atoms with Crippen LogP contribution in [0.1, 0.15) is 50.7 Å². The third-order valence-corrected chi connectivity index (χ3v) is 5.37. The van der Waals surface area contributed by atoms with Crippen LogP contribution in [0.2, 0.25) is 0 Å². The number of hydrogen-bond acceptors (Lipinski definition) is 2. The molecule has 4 heteroatoms. The van der Waals surface area contributed by atoms with E-state index in [2.05, 4.69) is 43.4 Å². The van der Waals surface area contributed by atoms with Crippen LogP contribution in [0, 0.1) is 5.92 Å². The van der Waals surface area contributed by atoms with Crippen LogP contribution < -0.4 is 5.32 Å². The topological polar surface area (TPSA) is 49.4 Å². The molecule has 2 aromatic carbocycles. The summed E-state index contributed by atoms with van der Waals surface area (Å²) in [4.78, 5) is 27.6. The average molecular weight is 379 g/mol. The number of carbonyl (C=O) groups excluding carboxylic acids is 2. The maximum atomic E-state index is 13.1. The maximum absolute atomic E-state index is 13.1. The number of para-hydroxylation sites is 1. The molecule has 3 rings (SSSR count). The van der Waals surface area contributed by atoms with Gasteiger partial charge in [-0.3, -0.25) is 9.59 Å². The summed E-state index contributed by atoms with van der Waals surface area (Å²) in [5, 5.41) is 2.94. The van der Waals surface area contributed by atoms with Gasteiger partial charge >= 0.3 is 0 Å². The zero-order valence-electron chi connectivity index (χ0n) is 17.0. The predicted molar refractivity (Wildman–Crippen MR) is 113 cm³/mol. The van der Waals surface area contributed by atoms with E-state index in [4.69, 9.17) is 0 Å². The number of nitrogens with one attached hydrogen (secondary N) is 1. The number of rotatable bonds is 6. The molecule has 0 spiro atoms. The number of benzene rings is 2. The first-order chi connectivity index (χ1) is 13.5. The molecule has 148 valence electrons. The van der Waals surface area contributed by atoms with Gasteiger partial charge < -0.3 is 10.2 Å². The van der Waals surface area contributed by atoms with Gasteiger partial charge in [-0.05, 0) is 55.4 Å². The Morgan fingerprint density at radius 2 is 1.71 bits per heavy atom. The molecule has 0 bridgehead atoms. The van der Waals surface area contributed by atoms with Crippen LogP contribution >= 0.6 is 0 Å². The van der Waals surface area contributed by atoms with E-state index in [1.54, 1.807) is 4.90 Å². The number of carbonyl (C=O) groups is 2. The summed E-state index contributed by atoms with van der Waals surface area (Å²) in [6, 6.07) is 17.3. The summed E-state index contributed by atoms with van der Waals surface area (Å²) < 4.78 is 0. The van der Waals surface area contributed by atoms with Crippen molar-refractivity contribution in [2.45, 2.75) is 52.0 Å². The van der Waals surface area contributed by atoms with Crippen LogP contribution in [-0.2, 0) is 16.0 Å². The van der Waals surface area contributed by atoms with E-state index < -0.39 is 6.04 Å². The largest absolute Gasteiger partial charge is 0.330 e. The number of likely N-dealkylation sites (tertiary alicyclic amines) is 1. The molecule has 1 aliphatic heterocycles. The molecule has 0 aliphatic carbocycles. The molecule has 4 nitrogen and oxygen atoms in total. The molecule has 2 atom stereocenters. The second-order valence-corrected chi connectivity index (χ2v) is 8.11. The Hall–Kier alpha value is -2.62. The quantitative estimate of drug-likeness (QED) is 0.797. The third-order valence-electron chi connectivity index (χ3n) is 5.37. The Bertz CT molecular complexity index is 799. The molecule has 2 unspecified atom stereocenters. The van der Waals surface area contributed by atoms with Gasteiger partial charge in [-0.2, -0.15) is 0 Å². The summed E-state index contributed by atoms with van der Waals surface area (Å²) in [5.41, 5.74) is 3.06. The summed E-state index contributed by atoms with van der Waals surface area (Å²) in [7, 11) is 0. The minimum atomic E-state index is -0.393. The van der Waals surface area contributed by atoms with E-state index in [1.807, 2.05) is 37.3 Å². The summed E-state index contributed by atoms with van der Waals surface area (Å²) in [6.07, 6.45) is 2.61. The number of hydrogen-bond donors (Lipinski definition) is 1. The normalized spacial score (nSPS) is 17.6. The Morgan fingerprint density at radius 3 is 2.36 bits per heavy atom. The van der Waals surface area contributed by atoms with E-state index in [9.17, 15) is 9.59 Å². The Labute approximate surface area is 167 Å². The van der Waals surface area contributed by atoms with Gasteiger partial charge in [0.1, 0.15) is 6.04 Å². The Kier molecular flexibility index (Phi) is 6.50. The molecular weight excluding hydrogens is 348 g/mol. The first-order valence-electron chi connectivity index (χ1n) is 10.2.